The number of anilines is 1. The first kappa shape index (κ1) is 28.8. The fourth-order valence-corrected chi connectivity index (χ4v) is 6.96. The molecule has 3 atom stereocenters. The summed E-state index contributed by atoms with van der Waals surface area (Å²) in [5.74, 6) is -1.19. The van der Waals surface area contributed by atoms with Crippen LogP contribution >= 0.6 is 15.9 Å². The largest absolute Gasteiger partial charge is 0.463 e. The summed E-state index contributed by atoms with van der Waals surface area (Å²) in [4.78, 5) is 28.2. The highest BCUT2D eigenvalue weighted by Gasteiger charge is 2.52. The lowest BCUT2D eigenvalue weighted by atomic mass is 9.97. The average Bonchev–Trinajstić information content (AvgIpc) is 3.47. The Bertz CT molecular complexity index is 1370. The van der Waals surface area contributed by atoms with E-state index in [0.717, 1.165) is 38.8 Å². The van der Waals surface area contributed by atoms with Gasteiger partial charge >= 0.3 is 12.1 Å². The van der Waals surface area contributed by atoms with Gasteiger partial charge in [-0.15, -0.1) is 0 Å². The fraction of sp³-hybridized carbons (Fsp3) is 0.690. The molecule has 1 amide bonds. The molecule has 4 fully saturated rings. The molecule has 1 aliphatic carbocycles. The maximum absolute atomic E-state index is 15.4. The number of amides is 1. The highest BCUT2D eigenvalue weighted by atomic mass is 79.9. The zero-order valence-electron chi connectivity index (χ0n) is 24.0. The van der Waals surface area contributed by atoms with Crippen LogP contribution in [0.2, 0.25) is 0 Å². The van der Waals surface area contributed by atoms with E-state index in [1.54, 1.807) is 0 Å². The number of carbonyl (C=O) groups excluding carboxylic acids is 1. The van der Waals surface area contributed by atoms with Gasteiger partial charge in [0.1, 0.15) is 28.9 Å². The second-order valence-electron chi connectivity index (χ2n) is 13.5. The van der Waals surface area contributed by atoms with Gasteiger partial charge in [-0.3, -0.25) is 9.80 Å². The molecule has 2 aromatic rings. The van der Waals surface area contributed by atoms with E-state index in [0.29, 0.717) is 38.5 Å². The Labute approximate surface area is 246 Å². The molecule has 41 heavy (non-hydrogen) atoms. The molecule has 8 nitrogen and oxygen atoms in total. The lowest BCUT2D eigenvalue weighted by Crippen LogP contribution is -2.63. The zero-order valence-corrected chi connectivity index (χ0v) is 25.6. The summed E-state index contributed by atoms with van der Waals surface area (Å²) in [5.41, 5.74) is -1.30. The molecular weight excluding hydrogens is 603 g/mol. The molecule has 4 heterocycles. The number of carbonyl (C=O) groups is 1. The third kappa shape index (κ3) is 5.58. The molecule has 3 aliphatic heterocycles. The highest BCUT2D eigenvalue weighted by molar-refractivity contribution is 9.10. The lowest BCUT2D eigenvalue weighted by molar-refractivity contribution is -0.00280. The van der Waals surface area contributed by atoms with Gasteiger partial charge in [-0.25, -0.2) is 18.0 Å². The van der Waals surface area contributed by atoms with Gasteiger partial charge in [0.25, 0.3) is 0 Å². The van der Waals surface area contributed by atoms with Crippen molar-refractivity contribution in [1.82, 2.24) is 19.8 Å². The van der Waals surface area contributed by atoms with Gasteiger partial charge in [-0.05, 0) is 81.8 Å². The molecule has 4 aliphatic rings. The normalized spacial score (nSPS) is 27.5. The number of nitrogens with zero attached hydrogens (tertiary/aromatic N) is 5. The number of piperazine rings is 1. The van der Waals surface area contributed by atoms with E-state index in [1.807, 2.05) is 37.5 Å². The van der Waals surface area contributed by atoms with E-state index in [4.69, 9.17) is 14.5 Å². The van der Waals surface area contributed by atoms with Crippen molar-refractivity contribution >= 4 is 38.7 Å². The first-order valence-electron chi connectivity index (χ1n) is 14.4. The van der Waals surface area contributed by atoms with Crippen LogP contribution in [0.3, 0.4) is 0 Å². The average molecular weight is 641 g/mol. The molecule has 6 rings (SSSR count). The van der Waals surface area contributed by atoms with Crippen molar-refractivity contribution in [2.75, 3.05) is 44.2 Å². The van der Waals surface area contributed by atoms with Gasteiger partial charge in [0, 0.05) is 43.5 Å². The molecule has 0 radical (unpaired) electrons. The molecule has 1 aromatic carbocycles. The van der Waals surface area contributed by atoms with Crippen LogP contribution < -0.4 is 9.64 Å². The van der Waals surface area contributed by atoms with Crippen LogP contribution in [0.5, 0.6) is 6.01 Å². The van der Waals surface area contributed by atoms with E-state index in [9.17, 15) is 13.6 Å². The minimum absolute atomic E-state index is 0.0213. The Hall–Kier alpha value is -2.34. The van der Waals surface area contributed by atoms with Crippen molar-refractivity contribution in [2.45, 2.75) is 83.2 Å². The summed E-state index contributed by atoms with van der Waals surface area (Å²) in [6.45, 7) is 10.6. The van der Waals surface area contributed by atoms with Gasteiger partial charge < -0.3 is 14.4 Å². The summed E-state index contributed by atoms with van der Waals surface area (Å²) in [6.07, 6.45) is 2.88. The summed E-state index contributed by atoms with van der Waals surface area (Å²) >= 11 is 3.01. The Morgan fingerprint density at radius 3 is 2.56 bits per heavy atom. The number of ether oxygens (including phenoxy) is 2. The lowest BCUT2D eigenvalue weighted by Gasteiger charge is -2.47. The number of halogens is 4. The molecule has 12 heteroatoms. The van der Waals surface area contributed by atoms with Crippen molar-refractivity contribution in [3.05, 3.63) is 22.2 Å². The topological polar surface area (TPSA) is 71.0 Å². The summed E-state index contributed by atoms with van der Waals surface area (Å²) in [6, 6.07) is 1.13. The number of rotatable bonds is 6. The third-order valence-corrected chi connectivity index (χ3v) is 9.57. The standard InChI is InChI=1S/C29H37BrF3N5O3/c1-27(2,3)41-26(39)38-18-5-7-28(38,4)14-37(13-18)24-19-11-20(32)21(30)22(33)23(19)34-25(35-24)40-16-29(8-9-29)15-36-10-6-17(31)12-36/h11,17-18H,5-10,12-16H2,1-4H3/t17-,18-,28+/m1/s1. The Kier molecular flexibility index (Phi) is 7.11. The van der Waals surface area contributed by atoms with Crippen LogP contribution in [-0.2, 0) is 4.74 Å². The van der Waals surface area contributed by atoms with Crippen LogP contribution in [0.25, 0.3) is 10.9 Å². The van der Waals surface area contributed by atoms with E-state index in [1.165, 1.54) is 6.07 Å². The molecule has 1 aromatic heterocycles. The van der Waals surface area contributed by atoms with Gasteiger partial charge in [-0.2, -0.15) is 9.97 Å². The van der Waals surface area contributed by atoms with Crippen LogP contribution in [0.1, 0.15) is 59.8 Å². The van der Waals surface area contributed by atoms with E-state index in [-0.39, 0.29) is 38.9 Å². The molecule has 0 unspecified atom stereocenters. The molecule has 0 spiro atoms. The maximum atomic E-state index is 15.4. The summed E-state index contributed by atoms with van der Waals surface area (Å²) in [7, 11) is 0. The predicted octanol–water partition coefficient (Wildman–Crippen LogP) is 5.85. The zero-order chi connectivity index (χ0) is 29.3. The molecule has 3 saturated heterocycles. The number of hydrogen-bond acceptors (Lipinski definition) is 7. The summed E-state index contributed by atoms with van der Waals surface area (Å²) in [5, 5.41) is 0.247. The van der Waals surface area contributed by atoms with Crippen LogP contribution in [0.4, 0.5) is 23.8 Å². The Balaban J connectivity index is 1.29. The van der Waals surface area contributed by atoms with Gasteiger partial charge in [0.2, 0.25) is 0 Å². The van der Waals surface area contributed by atoms with Crippen molar-refractivity contribution in [2.24, 2.45) is 5.41 Å². The van der Waals surface area contributed by atoms with E-state index < -0.39 is 28.9 Å². The third-order valence-electron chi connectivity index (χ3n) is 8.84. The van der Waals surface area contributed by atoms with Crippen molar-refractivity contribution < 1.29 is 27.4 Å². The monoisotopic (exact) mass is 639 g/mol. The van der Waals surface area contributed by atoms with Gasteiger partial charge in [0.15, 0.2) is 5.82 Å². The molecule has 0 N–H and O–H groups in total. The Morgan fingerprint density at radius 1 is 1.17 bits per heavy atom. The quantitative estimate of drug-likeness (QED) is 0.367. The number of alkyl halides is 1. The van der Waals surface area contributed by atoms with E-state index >= 15 is 4.39 Å². The Morgan fingerprint density at radius 2 is 1.93 bits per heavy atom. The first-order valence-corrected chi connectivity index (χ1v) is 15.2. The minimum atomic E-state index is -0.817. The van der Waals surface area contributed by atoms with Crippen LogP contribution in [-0.4, -0.2) is 88.5 Å². The number of aromatic nitrogens is 2. The number of fused-ring (bicyclic) bond motifs is 3. The molecule has 224 valence electrons. The number of likely N-dealkylation sites (tertiary alicyclic amines) is 1. The SMILES string of the molecule is CC(C)(C)OC(=O)N1[C@@H]2CC[C@@]1(C)CN(c1nc(OCC3(CN4CC[C@@H](F)C4)CC3)nc3c(F)c(Br)c(F)cc13)C2. The van der Waals surface area contributed by atoms with Crippen molar-refractivity contribution in [3.8, 4) is 6.01 Å². The maximum Gasteiger partial charge on any atom is 0.411 e. The summed E-state index contributed by atoms with van der Waals surface area (Å²) < 4.78 is 55.4. The van der Waals surface area contributed by atoms with Crippen LogP contribution in [0, 0.1) is 17.0 Å². The second kappa shape index (κ2) is 10.1. The molecule has 2 bridgehead atoms. The predicted molar refractivity (Wildman–Crippen MR) is 152 cm³/mol. The number of benzene rings is 1. The minimum Gasteiger partial charge on any atom is -0.463 e. The second-order valence-corrected chi connectivity index (χ2v) is 14.3. The van der Waals surface area contributed by atoms with Gasteiger partial charge in [0.05, 0.1) is 22.7 Å². The molecule has 1 saturated carbocycles. The fourth-order valence-electron chi connectivity index (χ4n) is 6.66. The van der Waals surface area contributed by atoms with Gasteiger partial charge in [-0.1, -0.05) is 0 Å². The van der Waals surface area contributed by atoms with Crippen molar-refractivity contribution in [3.63, 3.8) is 0 Å². The molecular formula is C29H37BrF3N5O3. The first-order chi connectivity index (χ1) is 19.3. The van der Waals surface area contributed by atoms with E-state index in [2.05, 4.69) is 25.8 Å². The highest BCUT2D eigenvalue weighted by Crippen LogP contribution is 2.47. The smallest absolute Gasteiger partial charge is 0.411 e. The van der Waals surface area contributed by atoms with Crippen molar-refractivity contribution in [1.29, 1.82) is 0 Å². The van der Waals surface area contributed by atoms with Crippen LogP contribution in [0.15, 0.2) is 10.5 Å². The number of hydrogen-bond donors (Lipinski definition) is 0.